The second kappa shape index (κ2) is 33.4. The van der Waals surface area contributed by atoms with Crippen molar-refractivity contribution in [2.24, 2.45) is 39.8 Å². The zero-order valence-corrected chi connectivity index (χ0v) is 45.9. The van der Waals surface area contributed by atoms with Crippen LogP contribution in [0.2, 0.25) is 0 Å². The first kappa shape index (κ1) is 65.5. The molecule has 2 aliphatic heterocycles. The van der Waals surface area contributed by atoms with Gasteiger partial charge < -0.3 is 75.3 Å². The number of nitrogens with zero attached hydrogens (tertiary/aromatic N) is 3. The highest BCUT2D eigenvalue weighted by Gasteiger charge is 2.40. The number of primary amides is 1. The smallest absolute Gasteiger partial charge is 0.245 e. The van der Waals surface area contributed by atoms with Crippen molar-refractivity contribution in [2.75, 3.05) is 32.7 Å². The van der Waals surface area contributed by atoms with Crippen LogP contribution in [0.25, 0.3) is 0 Å². The van der Waals surface area contributed by atoms with Crippen LogP contribution in [0.1, 0.15) is 145 Å². The number of nitrogens with one attached hydrogen (secondary N) is 8. The molecule has 2 saturated heterocycles. The van der Waals surface area contributed by atoms with Crippen molar-refractivity contribution in [3.8, 4) is 0 Å². The molecule has 0 radical (unpaired) electrons. The molecule has 0 spiro atoms. The average Bonchev–Trinajstić information content (AvgIpc) is 4.05. The summed E-state index contributed by atoms with van der Waals surface area (Å²) in [5, 5.41) is 21.2. The Kier molecular flexibility index (Phi) is 28.8. The Hall–Kier alpha value is -6.60. The molecule has 0 aromatic heterocycles. The molecule has 430 valence electrons. The van der Waals surface area contributed by atoms with E-state index in [1.807, 2.05) is 34.6 Å². The molecule has 0 aliphatic carbocycles. The lowest BCUT2D eigenvalue weighted by Crippen LogP contribution is -2.59. The summed E-state index contributed by atoms with van der Waals surface area (Å²) in [6.07, 6.45) is 5.30. The molecule has 2 fully saturated rings. The van der Waals surface area contributed by atoms with E-state index in [0.29, 0.717) is 70.8 Å². The summed E-state index contributed by atoms with van der Waals surface area (Å²) in [5.41, 5.74) is 22.0. The van der Waals surface area contributed by atoms with Gasteiger partial charge in [0.25, 0.3) is 0 Å². The van der Waals surface area contributed by atoms with Gasteiger partial charge in [0.2, 0.25) is 65.0 Å². The molecule has 26 heteroatoms. The van der Waals surface area contributed by atoms with E-state index in [2.05, 4.69) is 47.5 Å². The SMILES string of the molecule is CCCC[C@H](NC(=O)[C@@H]1CCCN1C(=O)[C@H](CCCN=C(N)N)NC(C)=O)C(=O)N[C@@H](CC(C)C)C(=O)N[C@@H](C)C(=O)N[C@@H](C)C(=O)N[C@@H](CCCCN)C(=O)NCC(=O)N1CCC[C@H]1C(=O)N[C@@H](CC(C)C)C(N)=O. The minimum absolute atomic E-state index is 0.0674. The predicted octanol–water partition coefficient (Wildman–Crippen LogP) is -2.51. The van der Waals surface area contributed by atoms with Gasteiger partial charge in [-0.05, 0) is 109 Å². The normalized spacial score (nSPS) is 17.9. The van der Waals surface area contributed by atoms with Crippen LogP contribution in [0.3, 0.4) is 0 Å². The van der Waals surface area contributed by atoms with E-state index < -0.39 is 126 Å². The van der Waals surface area contributed by atoms with E-state index in [4.69, 9.17) is 22.9 Å². The van der Waals surface area contributed by atoms with Crippen LogP contribution < -0.4 is 65.5 Å². The van der Waals surface area contributed by atoms with Gasteiger partial charge in [-0.25, -0.2) is 0 Å². The second-order valence-corrected chi connectivity index (χ2v) is 20.6. The number of rotatable bonds is 33. The van der Waals surface area contributed by atoms with Gasteiger partial charge >= 0.3 is 0 Å². The number of carbonyl (C=O) groups is 11. The zero-order chi connectivity index (χ0) is 57.2. The summed E-state index contributed by atoms with van der Waals surface area (Å²) in [6.45, 7) is 14.0. The van der Waals surface area contributed by atoms with Crippen LogP contribution in [0.15, 0.2) is 4.99 Å². The van der Waals surface area contributed by atoms with Gasteiger partial charge in [-0.15, -0.1) is 0 Å². The van der Waals surface area contributed by atoms with Crippen molar-refractivity contribution in [3.63, 3.8) is 0 Å². The molecular formula is C50H89N15O11. The van der Waals surface area contributed by atoms with Gasteiger partial charge in [0.05, 0.1) is 6.54 Å². The number of hydrogen-bond acceptors (Lipinski definition) is 13. The van der Waals surface area contributed by atoms with Gasteiger partial charge in [-0.3, -0.25) is 57.7 Å². The number of likely N-dealkylation sites (tertiary alicyclic amines) is 2. The molecule has 0 bridgehead atoms. The fraction of sp³-hybridized carbons (Fsp3) is 0.760. The minimum Gasteiger partial charge on any atom is -0.370 e. The fourth-order valence-electron chi connectivity index (χ4n) is 8.98. The van der Waals surface area contributed by atoms with Crippen molar-refractivity contribution in [1.82, 2.24) is 52.3 Å². The van der Waals surface area contributed by atoms with Crippen molar-refractivity contribution >= 4 is 70.9 Å². The third-order valence-corrected chi connectivity index (χ3v) is 13.0. The molecule has 2 heterocycles. The number of nitrogens with two attached hydrogens (primary N) is 4. The van der Waals surface area contributed by atoms with Crippen LogP contribution in [-0.2, 0) is 52.7 Å². The van der Waals surface area contributed by atoms with E-state index in [0.717, 1.165) is 0 Å². The summed E-state index contributed by atoms with van der Waals surface area (Å²) in [6, 6.07) is -9.45. The lowest BCUT2D eigenvalue weighted by molar-refractivity contribution is -0.142. The molecule has 0 saturated carbocycles. The Morgan fingerprint density at radius 2 is 1.04 bits per heavy atom. The first-order chi connectivity index (χ1) is 35.8. The van der Waals surface area contributed by atoms with Crippen LogP contribution in [0, 0.1) is 11.8 Å². The maximum Gasteiger partial charge on any atom is 0.245 e. The lowest BCUT2D eigenvalue weighted by Gasteiger charge is -2.30. The van der Waals surface area contributed by atoms with E-state index in [1.165, 1.54) is 30.6 Å². The second-order valence-electron chi connectivity index (χ2n) is 20.6. The Labute approximate surface area is 447 Å². The molecule has 0 aromatic rings. The molecule has 0 aromatic carbocycles. The topological polar surface area (TPSA) is 407 Å². The average molecular weight is 1080 g/mol. The van der Waals surface area contributed by atoms with Gasteiger partial charge in [0.1, 0.15) is 54.4 Å². The summed E-state index contributed by atoms with van der Waals surface area (Å²) < 4.78 is 0. The molecular weight excluding hydrogens is 987 g/mol. The van der Waals surface area contributed by atoms with E-state index in [9.17, 15) is 52.7 Å². The highest BCUT2D eigenvalue weighted by atomic mass is 16.2. The summed E-state index contributed by atoms with van der Waals surface area (Å²) in [7, 11) is 0. The first-order valence-electron chi connectivity index (χ1n) is 26.8. The fourth-order valence-corrected chi connectivity index (χ4v) is 8.98. The maximum absolute atomic E-state index is 14.0. The van der Waals surface area contributed by atoms with E-state index in [1.54, 1.807) is 0 Å². The Morgan fingerprint density at radius 3 is 1.59 bits per heavy atom. The van der Waals surface area contributed by atoms with Gasteiger partial charge in [-0.1, -0.05) is 47.5 Å². The number of amides is 11. The first-order valence-corrected chi connectivity index (χ1v) is 26.8. The third-order valence-electron chi connectivity index (χ3n) is 13.0. The van der Waals surface area contributed by atoms with E-state index >= 15 is 0 Å². The van der Waals surface area contributed by atoms with Crippen LogP contribution in [0.4, 0.5) is 0 Å². The Bertz CT molecular complexity index is 2030. The van der Waals surface area contributed by atoms with Gasteiger partial charge in [0, 0.05) is 26.6 Å². The van der Waals surface area contributed by atoms with E-state index in [-0.39, 0.29) is 63.1 Å². The standard InChI is InChI=1S/C50H89N15O11/c1-9-10-16-34(61-48(75)39-20-15-24-65(39)49(76)35(59-32(8)66)18-13-22-55-50(53)54)45(72)63-37(26-29(4)5)46(73)58-30(6)42(69)57-31(7)43(70)60-33(17-11-12-21-51)44(71)56-27-40(67)64-23-14-19-38(64)47(74)62-36(41(52)68)25-28(2)3/h28-31,33-39H,9-27,51H2,1-8H3,(H2,52,68)(H,56,71)(H,57,69)(H,58,73)(H,59,66)(H,60,70)(H,61,75)(H,62,74)(H,63,72)(H4,53,54,55)/t30-,31-,33-,34-,35-,36-,37-,38-,39-/m0/s1. The molecule has 26 nitrogen and oxygen atoms in total. The summed E-state index contributed by atoms with van der Waals surface area (Å²) in [4.78, 5) is 153. The van der Waals surface area contributed by atoms with Gasteiger partial charge in [0.15, 0.2) is 5.96 Å². The molecule has 2 aliphatic rings. The largest absolute Gasteiger partial charge is 0.370 e. The Balaban J connectivity index is 2.10. The molecule has 11 amide bonds. The summed E-state index contributed by atoms with van der Waals surface area (Å²) >= 11 is 0. The highest BCUT2D eigenvalue weighted by molar-refractivity contribution is 5.98. The lowest BCUT2D eigenvalue weighted by atomic mass is 10.0. The summed E-state index contributed by atoms with van der Waals surface area (Å²) in [5.74, 6) is -6.90. The van der Waals surface area contributed by atoms with Crippen molar-refractivity contribution in [2.45, 2.75) is 200 Å². The molecule has 76 heavy (non-hydrogen) atoms. The van der Waals surface area contributed by atoms with Crippen molar-refractivity contribution in [1.29, 1.82) is 0 Å². The van der Waals surface area contributed by atoms with Crippen molar-refractivity contribution in [3.05, 3.63) is 0 Å². The van der Waals surface area contributed by atoms with Gasteiger partial charge in [-0.2, -0.15) is 0 Å². The number of carbonyl (C=O) groups excluding carboxylic acids is 11. The van der Waals surface area contributed by atoms with Crippen molar-refractivity contribution < 1.29 is 52.7 Å². The number of hydrogen-bond donors (Lipinski definition) is 12. The Morgan fingerprint density at radius 1 is 0.553 bits per heavy atom. The molecule has 2 rings (SSSR count). The number of unbranched alkanes of at least 4 members (excludes halogenated alkanes) is 2. The molecule has 0 unspecified atom stereocenters. The maximum atomic E-state index is 14.0. The zero-order valence-electron chi connectivity index (χ0n) is 45.9. The minimum atomic E-state index is -1.22. The number of aliphatic imine (C=N–C) groups is 1. The van der Waals surface area contributed by atoms with Crippen LogP contribution >= 0.6 is 0 Å². The molecule has 16 N–H and O–H groups in total. The van der Waals surface area contributed by atoms with Crippen LogP contribution in [0.5, 0.6) is 0 Å². The number of guanidine groups is 1. The monoisotopic (exact) mass is 1080 g/mol. The van der Waals surface area contributed by atoms with Crippen LogP contribution in [-0.4, -0.2) is 168 Å². The molecule has 9 atom stereocenters. The third kappa shape index (κ3) is 22.7. The quantitative estimate of drug-likeness (QED) is 0.0184. The highest BCUT2D eigenvalue weighted by Crippen LogP contribution is 2.21. The predicted molar refractivity (Wildman–Crippen MR) is 283 cm³/mol.